The largest absolute Gasteiger partial charge is 0.393 e. The SMILES string of the molecule is CCC(O)CC(C)(N)OC(C)N. The van der Waals surface area contributed by atoms with Gasteiger partial charge in [-0.2, -0.15) is 0 Å². The first-order valence-corrected chi connectivity index (χ1v) is 4.27. The molecule has 12 heavy (non-hydrogen) atoms. The summed E-state index contributed by atoms with van der Waals surface area (Å²) in [5.74, 6) is 0. The van der Waals surface area contributed by atoms with Gasteiger partial charge in [0.2, 0.25) is 0 Å². The maximum absolute atomic E-state index is 9.31. The highest BCUT2D eigenvalue weighted by Crippen LogP contribution is 2.13. The zero-order valence-corrected chi connectivity index (χ0v) is 8.08. The molecule has 3 unspecified atom stereocenters. The number of aliphatic hydroxyl groups is 1. The van der Waals surface area contributed by atoms with Gasteiger partial charge < -0.3 is 21.3 Å². The van der Waals surface area contributed by atoms with Crippen molar-refractivity contribution >= 4 is 0 Å². The van der Waals surface area contributed by atoms with Gasteiger partial charge >= 0.3 is 0 Å². The van der Waals surface area contributed by atoms with E-state index in [2.05, 4.69) is 0 Å². The van der Waals surface area contributed by atoms with Gasteiger partial charge in [-0.25, -0.2) is 0 Å². The van der Waals surface area contributed by atoms with Gasteiger partial charge in [0.25, 0.3) is 0 Å². The minimum atomic E-state index is -0.830. The molecule has 0 saturated heterocycles. The van der Waals surface area contributed by atoms with Crippen molar-refractivity contribution in [1.29, 1.82) is 0 Å². The summed E-state index contributed by atoms with van der Waals surface area (Å²) in [5.41, 5.74) is 10.3. The summed E-state index contributed by atoms with van der Waals surface area (Å²) in [6.07, 6.45) is 0.267. The van der Waals surface area contributed by atoms with Gasteiger partial charge in [0.15, 0.2) is 0 Å². The van der Waals surface area contributed by atoms with Crippen molar-refractivity contribution in [2.24, 2.45) is 11.5 Å². The van der Waals surface area contributed by atoms with Crippen molar-refractivity contribution in [3.8, 4) is 0 Å². The number of rotatable bonds is 5. The first kappa shape index (κ1) is 11.8. The van der Waals surface area contributed by atoms with Gasteiger partial charge in [-0.15, -0.1) is 0 Å². The molecule has 0 aromatic carbocycles. The summed E-state index contributed by atoms with van der Waals surface area (Å²) in [6, 6.07) is 0. The highest BCUT2D eigenvalue weighted by molar-refractivity contribution is 4.71. The molecule has 3 atom stereocenters. The molecule has 0 aromatic rings. The van der Waals surface area contributed by atoms with Gasteiger partial charge in [-0.1, -0.05) is 6.92 Å². The molecule has 0 fully saturated rings. The van der Waals surface area contributed by atoms with E-state index in [0.717, 1.165) is 0 Å². The molecule has 4 nitrogen and oxygen atoms in total. The maximum atomic E-state index is 9.31. The average molecular weight is 176 g/mol. The summed E-state index contributed by atoms with van der Waals surface area (Å²) in [5, 5.41) is 9.31. The normalized spacial score (nSPS) is 21.5. The Labute approximate surface area is 73.9 Å². The molecule has 0 amide bonds. The van der Waals surface area contributed by atoms with E-state index in [-0.39, 0.29) is 0 Å². The highest BCUT2D eigenvalue weighted by Gasteiger charge is 2.23. The molecular formula is C8H20N2O2. The average Bonchev–Trinajstić information content (AvgIpc) is 1.83. The van der Waals surface area contributed by atoms with Crippen molar-refractivity contribution < 1.29 is 9.84 Å². The van der Waals surface area contributed by atoms with Gasteiger partial charge in [0.1, 0.15) is 12.0 Å². The minimum Gasteiger partial charge on any atom is -0.393 e. The van der Waals surface area contributed by atoms with Gasteiger partial charge in [0, 0.05) is 6.42 Å². The summed E-state index contributed by atoms with van der Waals surface area (Å²) in [6.45, 7) is 5.32. The molecular weight excluding hydrogens is 156 g/mol. The van der Waals surface area contributed by atoms with Crippen LogP contribution in [0.25, 0.3) is 0 Å². The van der Waals surface area contributed by atoms with Gasteiger partial charge in [0.05, 0.1) is 6.10 Å². The Morgan fingerprint density at radius 1 is 1.58 bits per heavy atom. The first-order chi connectivity index (χ1) is 5.37. The highest BCUT2D eigenvalue weighted by atomic mass is 16.5. The molecule has 0 radical (unpaired) electrons. The van der Waals surface area contributed by atoms with Crippen LogP contribution < -0.4 is 11.5 Å². The molecule has 0 rings (SSSR count). The van der Waals surface area contributed by atoms with E-state index < -0.39 is 18.1 Å². The molecule has 4 heteroatoms. The molecule has 0 heterocycles. The predicted molar refractivity (Wildman–Crippen MR) is 48.2 cm³/mol. The lowest BCUT2D eigenvalue weighted by atomic mass is 10.1. The van der Waals surface area contributed by atoms with Crippen LogP contribution in [-0.4, -0.2) is 23.2 Å². The van der Waals surface area contributed by atoms with E-state index in [1.165, 1.54) is 0 Å². The van der Waals surface area contributed by atoms with E-state index in [0.29, 0.717) is 12.8 Å². The molecule has 0 bridgehead atoms. The van der Waals surface area contributed by atoms with Crippen LogP contribution in [0.1, 0.15) is 33.6 Å². The zero-order valence-electron chi connectivity index (χ0n) is 8.08. The lowest BCUT2D eigenvalue weighted by Gasteiger charge is -2.29. The molecule has 0 aliphatic rings. The topological polar surface area (TPSA) is 81.5 Å². The summed E-state index contributed by atoms with van der Waals surface area (Å²) in [7, 11) is 0. The molecule has 0 aliphatic heterocycles. The third-order valence-corrected chi connectivity index (χ3v) is 1.57. The number of nitrogens with two attached hydrogens (primary N) is 2. The van der Waals surface area contributed by atoms with E-state index in [4.69, 9.17) is 16.2 Å². The predicted octanol–water partition coefficient (Wildman–Crippen LogP) is 0.144. The number of aliphatic hydroxyl groups excluding tert-OH is 1. The van der Waals surface area contributed by atoms with Gasteiger partial charge in [-0.05, 0) is 20.3 Å². The second-order valence-electron chi connectivity index (χ2n) is 3.40. The Hall–Kier alpha value is -0.160. The number of hydrogen-bond donors (Lipinski definition) is 3. The van der Waals surface area contributed by atoms with Crippen LogP contribution in [0.3, 0.4) is 0 Å². The lowest BCUT2D eigenvalue weighted by Crippen LogP contribution is -2.46. The Morgan fingerprint density at radius 3 is 2.42 bits per heavy atom. The van der Waals surface area contributed by atoms with Crippen LogP contribution in [0.15, 0.2) is 0 Å². The fourth-order valence-corrected chi connectivity index (χ4v) is 1.08. The van der Waals surface area contributed by atoms with Crippen molar-refractivity contribution in [2.75, 3.05) is 0 Å². The van der Waals surface area contributed by atoms with E-state index in [1.807, 2.05) is 6.92 Å². The van der Waals surface area contributed by atoms with Crippen LogP contribution in [0.2, 0.25) is 0 Å². The zero-order chi connectivity index (χ0) is 9.78. The Balaban J connectivity index is 3.85. The third-order valence-electron chi connectivity index (χ3n) is 1.57. The molecule has 0 aromatic heterocycles. The minimum absolute atomic E-state index is 0.399. The van der Waals surface area contributed by atoms with Crippen LogP contribution in [0.5, 0.6) is 0 Å². The fraction of sp³-hybridized carbons (Fsp3) is 1.00. The number of hydrogen-bond acceptors (Lipinski definition) is 4. The van der Waals surface area contributed by atoms with Crippen LogP contribution in [0.4, 0.5) is 0 Å². The molecule has 74 valence electrons. The quantitative estimate of drug-likeness (QED) is 0.521. The van der Waals surface area contributed by atoms with E-state index >= 15 is 0 Å². The molecule has 5 N–H and O–H groups in total. The monoisotopic (exact) mass is 176 g/mol. The van der Waals surface area contributed by atoms with Crippen LogP contribution in [0, 0.1) is 0 Å². The van der Waals surface area contributed by atoms with Crippen molar-refractivity contribution in [3.63, 3.8) is 0 Å². The fourth-order valence-electron chi connectivity index (χ4n) is 1.08. The Morgan fingerprint density at radius 2 is 2.08 bits per heavy atom. The summed E-state index contributed by atoms with van der Waals surface area (Å²) < 4.78 is 5.21. The third kappa shape index (κ3) is 5.49. The molecule has 0 spiro atoms. The Kier molecular flexibility index (Phi) is 4.70. The molecule has 0 saturated carbocycles. The van der Waals surface area contributed by atoms with Crippen molar-refractivity contribution in [1.82, 2.24) is 0 Å². The number of ether oxygens (including phenoxy) is 1. The smallest absolute Gasteiger partial charge is 0.118 e. The van der Waals surface area contributed by atoms with E-state index in [1.54, 1.807) is 13.8 Å². The first-order valence-electron chi connectivity index (χ1n) is 4.27. The Bertz CT molecular complexity index is 126. The van der Waals surface area contributed by atoms with Crippen LogP contribution in [-0.2, 0) is 4.74 Å². The summed E-state index contributed by atoms with van der Waals surface area (Å²) >= 11 is 0. The summed E-state index contributed by atoms with van der Waals surface area (Å²) in [4.78, 5) is 0. The second kappa shape index (κ2) is 4.77. The van der Waals surface area contributed by atoms with Crippen LogP contribution >= 0.6 is 0 Å². The standard InChI is InChI=1S/C8H20N2O2/c1-4-7(11)5-8(3,10)12-6(2)9/h6-7,11H,4-5,9-10H2,1-3H3. The van der Waals surface area contributed by atoms with Crippen molar-refractivity contribution in [3.05, 3.63) is 0 Å². The second-order valence-corrected chi connectivity index (χ2v) is 3.40. The maximum Gasteiger partial charge on any atom is 0.118 e. The van der Waals surface area contributed by atoms with E-state index in [9.17, 15) is 5.11 Å². The van der Waals surface area contributed by atoms with Crippen molar-refractivity contribution in [2.45, 2.75) is 51.7 Å². The lowest BCUT2D eigenvalue weighted by molar-refractivity contribution is -0.0922. The molecule has 0 aliphatic carbocycles. The van der Waals surface area contributed by atoms with Gasteiger partial charge in [-0.3, -0.25) is 0 Å².